The number of benzene rings is 1. The molecule has 0 amide bonds. The van der Waals surface area contributed by atoms with Gasteiger partial charge >= 0.3 is 0 Å². The molecule has 1 aromatic heterocycles. The summed E-state index contributed by atoms with van der Waals surface area (Å²) in [5.41, 5.74) is 6.63. The Hall–Kier alpha value is -1.75. The zero-order valence-electron chi connectivity index (χ0n) is 11.0. The van der Waals surface area contributed by atoms with Crippen molar-refractivity contribution in [3.05, 3.63) is 41.9 Å². The van der Waals surface area contributed by atoms with Crippen LogP contribution in [0.2, 0.25) is 0 Å². The number of nitrogens with zero attached hydrogens (tertiary/aromatic N) is 1. The van der Waals surface area contributed by atoms with Crippen molar-refractivity contribution < 1.29 is 8.78 Å². The van der Waals surface area contributed by atoms with Gasteiger partial charge in [-0.15, -0.1) is 0 Å². The van der Waals surface area contributed by atoms with Crippen LogP contribution in [0.15, 0.2) is 24.4 Å². The number of nitrogens with one attached hydrogen (secondary N) is 1. The van der Waals surface area contributed by atoms with Crippen LogP contribution in [0.4, 0.5) is 8.78 Å². The van der Waals surface area contributed by atoms with Crippen molar-refractivity contribution in [3.8, 4) is 11.3 Å². The molecule has 0 aliphatic rings. The SMILES string of the molecule is CC(C)(CCN)c1ncc(-c2ccc(F)c(F)c2)[nH]1. The molecule has 0 fully saturated rings. The fourth-order valence-corrected chi connectivity index (χ4v) is 1.95. The van der Waals surface area contributed by atoms with E-state index in [1.165, 1.54) is 6.07 Å². The number of aromatic nitrogens is 2. The standard InChI is InChI=1S/C14H17F2N3/c1-14(2,5-6-17)13-18-8-12(19-13)9-3-4-10(15)11(16)7-9/h3-4,7-8H,5-6,17H2,1-2H3,(H,18,19). The van der Waals surface area contributed by atoms with Gasteiger partial charge in [0.25, 0.3) is 0 Å². The van der Waals surface area contributed by atoms with Crippen LogP contribution >= 0.6 is 0 Å². The zero-order valence-corrected chi connectivity index (χ0v) is 11.0. The quantitative estimate of drug-likeness (QED) is 0.893. The van der Waals surface area contributed by atoms with Crippen LogP contribution in [0.1, 0.15) is 26.1 Å². The predicted molar refractivity (Wildman–Crippen MR) is 70.6 cm³/mol. The number of imidazole rings is 1. The second kappa shape index (κ2) is 5.09. The van der Waals surface area contributed by atoms with Crippen molar-refractivity contribution in [2.24, 2.45) is 5.73 Å². The van der Waals surface area contributed by atoms with E-state index in [2.05, 4.69) is 9.97 Å². The molecule has 19 heavy (non-hydrogen) atoms. The van der Waals surface area contributed by atoms with E-state index >= 15 is 0 Å². The molecule has 0 saturated heterocycles. The maximum absolute atomic E-state index is 13.2. The van der Waals surface area contributed by atoms with Crippen LogP contribution in [-0.2, 0) is 5.41 Å². The summed E-state index contributed by atoms with van der Waals surface area (Å²) in [5.74, 6) is -0.931. The number of hydrogen-bond donors (Lipinski definition) is 2. The van der Waals surface area contributed by atoms with Crippen LogP contribution in [0.25, 0.3) is 11.3 Å². The molecule has 5 heteroatoms. The summed E-state index contributed by atoms with van der Waals surface area (Å²) in [4.78, 5) is 7.45. The van der Waals surface area contributed by atoms with E-state index in [1.54, 1.807) is 6.20 Å². The van der Waals surface area contributed by atoms with Gasteiger partial charge in [0, 0.05) is 11.0 Å². The van der Waals surface area contributed by atoms with Gasteiger partial charge in [0.1, 0.15) is 5.82 Å². The molecule has 0 atom stereocenters. The van der Waals surface area contributed by atoms with Crippen LogP contribution in [0, 0.1) is 11.6 Å². The first-order chi connectivity index (χ1) is 8.94. The molecular formula is C14H17F2N3. The summed E-state index contributed by atoms with van der Waals surface area (Å²) in [5, 5.41) is 0. The summed E-state index contributed by atoms with van der Waals surface area (Å²) in [7, 11) is 0. The topological polar surface area (TPSA) is 54.7 Å². The lowest BCUT2D eigenvalue weighted by molar-refractivity contribution is 0.462. The smallest absolute Gasteiger partial charge is 0.159 e. The highest BCUT2D eigenvalue weighted by Crippen LogP contribution is 2.27. The van der Waals surface area contributed by atoms with E-state index < -0.39 is 11.6 Å². The average Bonchev–Trinajstić information content (AvgIpc) is 2.83. The molecule has 2 aromatic rings. The summed E-state index contributed by atoms with van der Waals surface area (Å²) in [6.07, 6.45) is 2.41. The van der Waals surface area contributed by atoms with Gasteiger partial charge in [0.15, 0.2) is 11.6 Å². The Balaban J connectivity index is 2.33. The molecular weight excluding hydrogens is 248 g/mol. The Labute approximate surface area is 110 Å². The zero-order chi connectivity index (χ0) is 14.0. The number of hydrogen-bond acceptors (Lipinski definition) is 2. The lowest BCUT2D eigenvalue weighted by atomic mass is 9.88. The Bertz CT molecular complexity index is 576. The fourth-order valence-electron chi connectivity index (χ4n) is 1.95. The first kappa shape index (κ1) is 13.7. The van der Waals surface area contributed by atoms with Crippen LogP contribution in [0.5, 0.6) is 0 Å². The van der Waals surface area contributed by atoms with Crippen LogP contribution in [-0.4, -0.2) is 16.5 Å². The maximum atomic E-state index is 13.2. The van der Waals surface area contributed by atoms with Gasteiger partial charge < -0.3 is 10.7 Å². The molecule has 0 radical (unpaired) electrons. The lowest BCUT2D eigenvalue weighted by Gasteiger charge is -2.20. The van der Waals surface area contributed by atoms with Gasteiger partial charge in [-0.1, -0.05) is 13.8 Å². The van der Waals surface area contributed by atoms with Gasteiger partial charge in [0.2, 0.25) is 0 Å². The van der Waals surface area contributed by atoms with E-state index in [-0.39, 0.29) is 5.41 Å². The molecule has 0 aliphatic heterocycles. The third-order valence-corrected chi connectivity index (χ3v) is 3.22. The van der Waals surface area contributed by atoms with Gasteiger partial charge in [-0.2, -0.15) is 0 Å². The largest absolute Gasteiger partial charge is 0.342 e. The predicted octanol–water partition coefficient (Wildman–Crippen LogP) is 2.98. The first-order valence-electron chi connectivity index (χ1n) is 6.15. The van der Waals surface area contributed by atoms with Crippen molar-refractivity contribution >= 4 is 0 Å². The van der Waals surface area contributed by atoms with Crippen molar-refractivity contribution in [2.45, 2.75) is 25.7 Å². The number of halogens is 2. The molecule has 1 heterocycles. The van der Waals surface area contributed by atoms with Crippen LogP contribution in [0.3, 0.4) is 0 Å². The Morgan fingerprint density at radius 2 is 2.00 bits per heavy atom. The molecule has 0 unspecified atom stereocenters. The molecule has 0 aliphatic carbocycles. The van der Waals surface area contributed by atoms with E-state index in [1.807, 2.05) is 13.8 Å². The summed E-state index contributed by atoms with van der Waals surface area (Å²) >= 11 is 0. The average molecular weight is 265 g/mol. The monoisotopic (exact) mass is 265 g/mol. The Kier molecular flexibility index (Phi) is 3.66. The Morgan fingerprint density at radius 3 is 2.63 bits per heavy atom. The lowest BCUT2D eigenvalue weighted by Crippen LogP contribution is -2.23. The number of nitrogens with two attached hydrogens (primary N) is 1. The van der Waals surface area contributed by atoms with Crippen LogP contribution < -0.4 is 5.73 Å². The minimum absolute atomic E-state index is 0.175. The molecule has 0 spiro atoms. The Morgan fingerprint density at radius 1 is 1.26 bits per heavy atom. The van der Waals surface area contributed by atoms with Crippen molar-refractivity contribution in [2.75, 3.05) is 6.54 Å². The molecule has 0 saturated carbocycles. The van der Waals surface area contributed by atoms with E-state index in [9.17, 15) is 8.78 Å². The summed E-state index contributed by atoms with van der Waals surface area (Å²) < 4.78 is 26.1. The van der Waals surface area contributed by atoms with Crippen molar-refractivity contribution in [1.82, 2.24) is 9.97 Å². The van der Waals surface area contributed by atoms with Gasteiger partial charge in [0.05, 0.1) is 11.9 Å². The van der Waals surface area contributed by atoms with E-state index in [4.69, 9.17) is 5.73 Å². The van der Waals surface area contributed by atoms with E-state index in [0.717, 1.165) is 24.4 Å². The molecule has 1 aromatic carbocycles. The second-order valence-corrected chi connectivity index (χ2v) is 5.20. The van der Waals surface area contributed by atoms with Crippen molar-refractivity contribution in [3.63, 3.8) is 0 Å². The number of H-pyrrole nitrogens is 1. The molecule has 102 valence electrons. The second-order valence-electron chi connectivity index (χ2n) is 5.20. The third-order valence-electron chi connectivity index (χ3n) is 3.22. The summed E-state index contributed by atoms with van der Waals surface area (Å²) in [6, 6.07) is 3.78. The molecule has 3 N–H and O–H groups in total. The number of rotatable bonds is 4. The minimum atomic E-state index is -0.866. The highest BCUT2D eigenvalue weighted by atomic mass is 19.2. The highest BCUT2D eigenvalue weighted by Gasteiger charge is 2.23. The first-order valence-corrected chi connectivity index (χ1v) is 6.15. The van der Waals surface area contributed by atoms with Crippen molar-refractivity contribution in [1.29, 1.82) is 0 Å². The number of aromatic amines is 1. The van der Waals surface area contributed by atoms with E-state index in [0.29, 0.717) is 17.8 Å². The molecule has 2 rings (SSSR count). The summed E-state index contributed by atoms with van der Waals surface area (Å²) in [6.45, 7) is 4.63. The maximum Gasteiger partial charge on any atom is 0.159 e. The molecule has 0 bridgehead atoms. The van der Waals surface area contributed by atoms with Gasteiger partial charge in [-0.05, 0) is 31.2 Å². The van der Waals surface area contributed by atoms with Gasteiger partial charge in [-0.3, -0.25) is 0 Å². The fraction of sp³-hybridized carbons (Fsp3) is 0.357. The molecule has 3 nitrogen and oxygen atoms in total. The normalized spacial score (nSPS) is 11.8. The minimum Gasteiger partial charge on any atom is -0.342 e. The third kappa shape index (κ3) is 2.81. The highest BCUT2D eigenvalue weighted by molar-refractivity contribution is 5.58. The van der Waals surface area contributed by atoms with Gasteiger partial charge in [-0.25, -0.2) is 13.8 Å².